The fourth-order valence-corrected chi connectivity index (χ4v) is 2.79. The van der Waals surface area contributed by atoms with Crippen molar-refractivity contribution in [3.8, 4) is 0 Å². The molecule has 0 amide bonds. The second kappa shape index (κ2) is 5.09. The highest BCUT2D eigenvalue weighted by molar-refractivity contribution is 6.15. The predicted molar refractivity (Wildman–Crippen MR) is 73.7 cm³/mol. The molecule has 1 aliphatic carbocycles. The molecule has 0 radical (unpaired) electrons. The van der Waals surface area contributed by atoms with Gasteiger partial charge in [0.25, 0.3) is 0 Å². The number of carbonyl (C=O) groups excluding carboxylic acids is 2. The molecule has 0 saturated heterocycles. The number of hydrogen-bond acceptors (Lipinski definition) is 2. The van der Waals surface area contributed by atoms with Gasteiger partial charge in [-0.1, -0.05) is 42.5 Å². The highest BCUT2D eigenvalue weighted by Crippen LogP contribution is 2.37. The number of ketones is 2. The lowest BCUT2D eigenvalue weighted by molar-refractivity contribution is -0.137. The quantitative estimate of drug-likeness (QED) is 0.746. The molecule has 0 heterocycles. The lowest BCUT2D eigenvalue weighted by Crippen LogP contribution is -2.26. The predicted octanol–water partition coefficient (Wildman–Crippen LogP) is 3.99. The van der Waals surface area contributed by atoms with E-state index in [9.17, 15) is 22.8 Å². The van der Waals surface area contributed by atoms with Gasteiger partial charge in [-0.15, -0.1) is 0 Å². The molecule has 1 aliphatic rings. The van der Waals surface area contributed by atoms with Crippen molar-refractivity contribution in [2.75, 3.05) is 0 Å². The molecule has 0 N–H and O–H groups in total. The van der Waals surface area contributed by atoms with E-state index in [1.54, 1.807) is 24.3 Å². The van der Waals surface area contributed by atoms with Gasteiger partial charge in [0.05, 0.1) is 17.9 Å². The molecular formula is C17H11F3O2. The zero-order chi connectivity index (χ0) is 15.9. The van der Waals surface area contributed by atoms with E-state index in [1.807, 2.05) is 0 Å². The molecule has 0 saturated carbocycles. The molecule has 2 aromatic carbocycles. The van der Waals surface area contributed by atoms with Crippen molar-refractivity contribution in [2.24, 2.45) is 0 Å². The SMILES string of the molecule is O=C1CC(=O)C(c2cccc(C(F)(F)F)c2)c2ccccc21. The maximum atomic E-state index is 12.9. The average molecular weight is 304 g/mol. The van der Waals surface area contributed by atoms with Crippen molar-refractivity contribution in [3.05, 3.63) is 70.8 Å². The molecule has 0 bridgehead atoms. The van der Waals surface area contributed by atoms with E-state index in [2.05, 4.69) is 0 Å². The van der Waals surface area contributed by atoms with E-state index in [-0.39, 0.29) is 23.6 Å². The standard InChI is InChI=1S/C17H11F3O2/c18-17(19,20)11-5-3-4-10(8-11)16-13-7-2-1-6-12(13)14(21)9-15(16)22/h1-8,16H,9H2. The lowest BCUT2D eigenvalue weighted by Gasteiger charge is -2.24. The van der Waals surface area contributed by atoms with Gasteiger partial charge in [-0.2, -0.15) is 13.2 Å². The van der Waals surface area contributed by atoms with Gasteiger partial charge in [0, 0.05) is 5.56 Å². The van der Waals surface area contributed by atoms with Crippen molar-refractivity contribution in [3.63, 3.8) is 0 Å². The summed E-state index contributed by atoms with van der Waals surface area (Å²) in [5, 5.41) is 0. The Morgan fingerprint density at radius 1 is 0.955 bits per heavy atom. The van der Waals surface area contributed by atoms with E-state index in [1.165, 1.54) is 12.1 Å². The van der Waals surface area contributed by atoms with Crippen LogP contribution < -0.4 is 0 Å². The molecule has 1 unspecified atom stereocenters. The Labute approximate surface area is 124 Å². The summed E-state index contributed by atoms with van der Waals surface area (Å²) in [4.78, 5) is 24.1. The summed E-state index contributed by atoms with van der Waals surface area (Å²) in [6, 6.07) is 11.3. The molecule has 2 nitrogen and oxygen atoms in total. The largest absolute Gasteiger partial charge is 0.416 e. The summed E-state index contributed by atoms with van der Waals surface area (Å²) in [6.45, 7) is 0. The number of benzene rings is 2. The summed E-state index contributed by atoms with van der Waals surface area (Å²) < 4.78 is 38.6. The van der Waals surface area contributed by atoms with Crippen LogP contribution in [0.15, 0.2) is 48.5 Å². The van der Waals surface area contributed by atoms with Crippen molar-refractivity contribution >= 4 is 11.6 Å². The zero-order valence-electron chi connectivity index (χ0n) is 11.4. The highest BCUT2D eigenvalue weighted by atomic mass is 19.4. The van der Waals surface area contributed by atoms with Crippen LogP contribution in [0.25, 0.3) is 0 Å². The number of hydrogen-bond donors (Lipinski definition) is 0. The van der Waals surface area contributed by atoms with Gasteiger partial charge in [0.1, 0.15) is 0 Å². The Balaban J connectivity index is 2.14. The van der Waals surface area contributed by atoms with E-state index >= 15 is 0 Å². The average Bonchev–Trinajstić information content (AvgIpc) is 2.47. The highest BCUT2D eigenvalue weighted by Gasteiger charge is 2.35. The Hall–Kier alpha value is -2.43. The topological polar surface area (TPSA) is 34.1 Å². The van der Waals surface area contributed by atoms with Crippen molar-refractivity contribution in [1.82, 2.24) is 0 Å². The van der Waals surface area contributed by atoms with Gasteiger partial charge >= 0.3 is 6.18 Å². The van der Waals surface area contributed by atoms with Crippen LogP contribution in [-0.2, 0) is 11.0 Å². The van der Waals surface area contributed by atoms with Crippen LogP contribution in [0.1, 0.15) is 39.4 Å². The molecule has 0 aromatic heterocycles. The molecule has 3 rings (SSSR count). The van der Waals surface area contributed by atoms with E-state index in [0.29, 0.717) is 11.1 Å². The second-order valence-electron chi connectivity index (χ2n) is 5.21. The Morgan fingerprint density at radius 3 is 2.41 bits per heavy atom. The third-order valence-electron chi connectivity index (χ3n) is 3.78. The van der Waals surface area contributed by atoms with Crippen LogP contribution >= 0.6 is 0 Å². The maximum absolute atomic E-state index is 12.9. The van der Waals surface area contributed by atoms with Crippen molar-refractivity contribution in [2.45, 2.75) is 18.5 Å². The third-order valence-corrected chi connectivity index (χ3v) is 3.78. The molecule has 22 heavy (non-hydrogen) atoms. The smallest absolute Gasteiger partial charge is 0.298 e. The number of alkyl halides is 3. The minimum absolute atomic E-state index is 0.264. The fourth-order valence-electron chi connectivity index (χ4n) is 2.79. The molecule has 0 spiro atoms. The molecule has 1 atom stereocenters. The first-order valence-electron chi connectivity index (χ1n) is 6.70. The van der Waals surface area contributed by atoms with Crippen molar-refractivity contribution in [1.29, 1.82) is 0 Å². The maximum Gasteiger partial charge on any atom is 0.416 e. The number of Topliss-reactive ketones (excluding diaryl/α,β-unsaturated/α-hetero) is 2. The normalized spacial score (nSPS) is 18.2. The zero-order valence-corrected chi connectivity index (χ0v) is 11.4. The minimum Gasteiger partial charge on any atom is -0.298 e. The van der Waals surface area contributed by atoms with Gasteiger partial charge in [-0.05, 0) is 17.2 Å². The molecule has 0 fully saturated rings. The minimum atomic E-state index is -4.47. The van der Waals surface area contributed by atoms with Crippen LogP contribution in [0, 0.1) is 0 Å². The Bertz CT molecular complexity index is 762. The number of halogens is 3. The van der Waals surface area contributed by atoms with Crippen LogP contribution in [0.2, 0.25) is 0 Å². The summed E-state index contributed by atoms with van der Waals surface area (Å²) >= 11 is 0. The summed E-state index contributed by atoms with van der Waals surface area (Å²) in [5.41, 5.74) is 0.347. The first-order valence-corrected chi connectivity index (χ1v) is 6.70. The fraction of sp³-hybridized carbons (Fsp3) is 0.176. The van der Waals surface area contributed by atoms with Crippen LogP contribution in [0.4, 0.5) is 13.2 Å². The van der Waals surface area contributed by atoms with Crippen LogP contribution in [0.5, 0.6) is 0 Å². The van der Waals surface area contributed by atoms with E-state index in [4.69, 9.17) is 0 Å². The molecule has 5 heteroatoms. The van der Waals surface area contributed by atoms with Gasteiger partial charge in [0.15, 0.2) is 11.6 Å². The van der Waals surface area contributed by atoms with Gasteiger partial charge in [0.2, 0.25) is 0 Å². The van der Waals surface area contributed by atoms with Gasteiger partial charge in [-0.25, -0.2) is 0 Å². The van der Waals surface area contributed by atoms with Crippen LogP contribution in [-0.4, -0.2) is 11.6 Å². The van der Waals surface area contributed by atoms with Gasteiger partial charge in [-0.3, -0.25) is 9.59 Å². The molecule has 112 valence electrons. The molecule has 2 aromatic rings. The Kier molecular flexibility index (Phi) is 3.35. The Morgan fingerprint density at radius 2 is 1.68 bits per heavy atom. The second-order valence-corrected chi connectivity index (χ2v) is 5.21. The summed E-state index contributed by atoms with van der Waals surface area (Å²) in [7, 11) is 0. The first-order chi connectivity index (χ1) is 10.4. The lowest BCUT2D eigenvalue weighted by atomic mass is 9.77. The molecule has 0 aliphatic heterocycles. The van der Waals surface area contributed by atoms with E-state index in [0.717, 1.165) is 12.1 Å². The summed E-state index contributed by atoms with van der Waals surface area (Å²) in [5.74, 6) is -1.48. The number of carbonyl (C=O) groups is 2. The number of fused-ring (bicyclic) bond motifs is 1. The monoisotopic (exact) mass is 304 g/mol. The van der Waals surface area contributed by atoms with Crippen LogP contribution in [0.3, 0.4) is 0 Å². The van der Waals surface area contributed by atoms with Crippen molar-refractivity contribution < 1.29 is 22.8 Å². The van der Waals surface area contributed by atoms with E-state index < -0.39 is 17.7 Å². The third kappa shape index (κ3) is 2.43. The first kappa shape index (κ1) is 14.5. The number of rotatable bonds is 1. The van der Waals surface area contributed by atoms with Gasteiger partial charge < -0.3 is 0 Å². The summed E-state index contributed by atoms with van der Waals surface area (Å²) in [6.07, 6.45) is -4.75. The molecular weight excluding hydrogens is 293 g/mol.